The van der Waals surface area contributed by atoms with Crippen molar-refractivity contribution in [3.8, 4) is 0 Å². The average molecular weight is 385 g/mol. The van der Waals surface area contributed by atoms with E-state index in [1.165, 1.54) is 65.1 Å². The number of hydrogen-bond acceptors (Lipinski definition) is 2. The molecule has 0 radical (unpaired) electrons. The van der Waals surface area contributed by atoms with Gasteiger partial charge in [-0.2, -0.15) is 0 Å². The van der Waals surface area contributed by atoms with Gasteiger partial charge in [-0.05, 0) is 75.9 Å². The zero-order valence-corrected chi connectivity index (χ0v) is 17.3. The molecule has 1 unspecified atom stereocenters. The summed E-state index contributed by atoms with van der Waals surface area (Å²) in [7, 11) is 0. The number of hydrogen-bond donors (Lipinski definition) is 0. The van der Waals surface area contributed by atoms with Gasteiger partial charge in [0.15, 0.2) is 0 Å². The highest BCUT2D eigenvalue weighted by Crippen LogP contribution is 2.37. The molecule has 2 nitrogen and oxygen atoms in total. The van der Waals surface area contributed by atoms with Crippen molar-refractivity contribution in [2.24, 2.45) is 5.92 Å². The normalized spacial score (nSPS) is 15.6. The Kier molecular flexibility index (Phi) is 5.80. The molecule has 2 heteroatoms. The lowest BCUT2D eigenvalue weighted by atomic mass is 9.79. The predicted molar refractivity (Wildman–Crippen MR) is 122 cm³/mol. The van der Waals surface area contributed by atoms with Crippen molar-refractivity contribution in [1.82, 2.24) is 0 Å². The Labute approximate surface area is 172 Å². The summed E-state index contributed by atoms with van der Waals surface area (Å²) in [6.07, 6.45) is 7.66. The molecule has 1 atom stereocenters. The maximum Gasteiger partial charge on any atom is 0.335 e. The first-order valence-corrected chi connectivity index (χ1v) is 10.7. The molecule has 1 aliphatic carbocycles. The van der Waals surface area contributed by atoms with Crippen molar-refractivity contribution in [3.63, 3.8) is 0 Å². The molecule has 0 fully saturated rings. The Morgan fingerprint density at radius 3 is 2.31 bits per heavy atom. The van der Waals surface area contributed by atoms with Crippen LogP contribution in [0, 0.1) is 5.92 Å². The van der Waals surface area contributed by atoms with Crippen molar-refractivity contribution in [2.75, 3.05) is 0 Å². The monoisotopic (exact) mass is 384 g/mol. The van der Waals surface area contributed by atoms with Gasteiger partial charge in [0.2, 0.25) is 0 Å². The summed E-state index contributed by atoms with van der Waals surface area (Å²) < 4.78 is 4.37. The van der Waals surface area contributed by atoms with E-state index < -0.39 is 0 Å². The molecule has 1 aliphatic rings. The molecule has 1 heterocycles. The van der Waals surface area contributed by atoms with Crippen LogP contribution < -0.4 is 5.63 Å². The number of aryl methyl sites for hydroxylation is 2. The standard InChI is InChI=1S/C22H24.C5H4O2/c1-3-15-9-10-17-11-12-20-19-8-6-5-7-18(19)16(4-2)14-22(20)21(17)13-15;6-5-3-1-2-4-7-5/h5-8,11-12,14-15H,3-4,9-10,13H2,1-2H3;1-4H. The third-order valence-electron chi connectivity index (χ3n) is 6.22. The van der Waals surface area contributed by atoms with E-state index in [1.807, 2.05) is 0 Å². The number of benzene rings is 3. The van der Waals surface area contributed by atoms with Crippen molar-refractivity contribution >= 4 is 21.5 Å². The van der Waals surface area contributed by atoms with E-state index >= 15 is 0 Å². The van der Waals surface area contributed by atoms with E-state index in [0.717, 1.165) is 12.3 Å². The summed E-state index contributed by atoms with van der Waals surface area (Å²) in [5.74, 6) is 0.870. The van der Waals surface area contributed by atoms with Crippen LogP contribution >= 0.6 is 0 Å². The topological polar surface area (TPSA) is 30.2 Å². The fourth-order valence-electron chi connectivity index (χ4n) is 4.55. The molecule has 1 aromatic heterocycles. The summed E-state index contributed by atoms with van der Waals surface area (Å²) >= 11 is 0. The molecule has 4 aromatic rings. The first kappa shape index (κ1) is 19.4. The Morgan fingerprint density at radius 1 is 0.897 bits per heavy atom. The van der Waals surface area contributed by atoms with Crippen molar-refractivity contribution in [3.05, 3.63) is 94.0 Å². The van der Waals surface area contributed by atoms with E-state index in [2.05, 4.69) is 60.7 Å². The Morgan fingerprint density at radius 2 is 1.66 bits per heavy atom. The highest BCUT2D eigenvalue weighted by molar-refractivity contribution is 6.10. The van der Waals surface area contributed by atoms with Crippen LogP contribution in [0.15, 0.2) is 76.1 Å². The Hall–Kier alpha value is -2.87. The second kappa shape index (κ2) is 8.65. The zero-order chi connectivity index (χ0) is 20.2. The predicted octanol–water partition coefficient (Wildman–Crippen LogP) is 6.71. The van der Waals surface area contributed by atoms with Crippen LogP contribution in [0.4, 0.5) is 0 Å². The van der Waals surface area contributed by atoms with Crippen LogP contribution in [-0.4, -0.2) is 0 Å². The highest BCUT2D eigenvalue weighted by atomic mass is 16.4. The van der Waals surface area contributed by atoms with Crippen molar-refractivity contribution in [1.29, 1.82) is 0 Å². The molecule has 5 rings (SSSR count). The molecule has 0 spiro atoms. The first-order valence-electron chi connectivity index (χ1n) is 10.7. The molecule has 0 bridgehead atoms. The van der Waals surface area contributed by atoms with Crippen molar-refractivity contribution in [2.45, 2.75) is 46.0 Å². The number of fused-ring (bicyclic) bond motifs is 5. The summed E-state index contributed by atoms with van der Waals surface area (Å²) in [4.78, 5) is 10.1. The maximum absolute atomic E-state index is 10.1. The fourth-order valence-corrected chi connectivity index (χ4v) is 4.55. The van der Waals surface area contributed by atoms with Gasteiger partial charge in [0.05, 0.1) is 6.26 Å². The largest absolute Gasteiger partial charge is 0.431 e. The van der Waals surface area contributed by atoms with E-state index in [1.54, 1.807) is 23.3 Å². The SMILES string of the molecule is CCc1cc2c3c(ccc2c2ccccc12)CCC(CC)C3.O=c1cccco1. The van der Waals surface area contributed by atoms with Gasteiger partial charge >= 0.3 is 5.63 Å². The van der Waals surface area contributed by atoms with Gasteiger partial charge in [-0.1, -0.05) is 68.8 Å². The molecule has 0 amide bonds. The second-order valence-corrected chi connectivity index (χ2v) is 7.87. The van der Waals surface area contributed by atoms with Crippen LogP contribution in [-0.2, 0) is 19.3 Å². The Balaban J connectivity index is 0.000000249. The minimum absolute atomic E-state index is 0.303. The third kappa shape index (κ3) is 3.98. The maximum atomic E-state index is 10.1. The van der Waals surface area contributed by atoms with Crippen molar-refractivity contribution < 1.29 is 4.42 Å². The zero-order valence-electron chi connectivity index (χ0n) is 17.3. The van der Waals surface area contributed by atoms with Gasteiger partial charge in [-0.3, -0.25) is 0 Å². The van der Waals surface area contributed by atoms with Crippen LogP contribution in [0.1, 0.15) is 43.4 Å². The summed E-state index contributed by atoms with van der Waals surface area (Å²) in [5, 5.41) is 5.83. The molecule has 0 aliphatic heterocycles. The summed E-state index contributed by atoms with van der Waals surface area (Å²) in [6.45, 7) is 4.62. The highest BCUT2D eigenvalue weighted by Gasteiger charge is 2.20. The van der Waals surface area contributed by atoms with Gasteiger partial charge in [-0.15, -0.1) is 0 Å². The molecular weight excluding hydrogens is 356 g/mol. The Bertz CT molecular complexity index is 1170. The van der Waals surface area contributed by atoms with Gasteiger partial charge in [0.1, 0.15) is 0 Å². The molecule has 0 saturated heterocycles. The minimum atomic E-state index is -0.303. The molecule has 0 saturated carbocycles. The van der Waals surface area contributed by atoms with Gasteiger partial charge in [0, 0.05) is 6.07 Å². The minimum Gasteiger partial charge on any atom is -0.431 e. The summed E-state index contributed by atoms with van der Waals surface area (Å²) in [6, 6.07) is 20.8. The van der Waals surface area contributed by atoms with E-state index in [9.17, 15) is 4.79 Å². The van der Waals surface area contributed by atoms with E-state index in [-0.39, 0.29) is 5.63 Å². The first-order chi connectivity index (χ1) is 14.2. The molecule has 29 heavy (non-hydrogen) atoms. The van der Waals surface area contributed by atoms with Gasteiger partial charge < -0.3 is 4.42 Å². The molecule has 0 N–H and O–H groups in total. The average Bonchev–Trinajstić information content (AvgIpc) is 2.78. The fraction of sp³-hybridized carbons (Fsp3) is 0.296. The van der Waals surface area contributed by atoms with Crippen LogP contribution in [0.25, 0.3) is 21.5 Å². The number of rotatable bonds is 2. The molecule has 3 aromatic carbocycles. The molecular formula is C27H28O2. The quantitative estimate of drug-likeness (QED) is 0.360. The lowest BCUT2D eigenvalue weighted by Crippen LogP contribution is -2.13. The van der Waals surface area contributed by atoms with Crippen LogP contribution in [0.3, 0.4) is 0 Å². The lowest BCUT2D eigenvalue weighted by molar-refractivity contribution is 0.447. The smallest absolute Gasteiger partial charge is 0.335 e. The molecule has 148 valence electrons. The lowest BCUT2D eigenvalue weighted by Gasteiger charge is -2.25. The third-order valence-corrected chi connectivity index (χ3v) is 6.22. The van der Waals surface area contributed by atoms with E-state index in [0.29, 0.717) is 0 Å². The van der Waals surface area contributed by atoms with Gasteiger partial charge in [-0.25, -0.2) is 4.79 Å². The van der Waals surface area contributed by atoms with E-state index in [4.69, 9.17) is 0 Å². The van der Waals surface area contributed by atoms with Gasteiger partial charge in [0.25, 0.3) is 0 Å². The summed E-state index contributed by atoms with van der Waals surface area (Å²) in [5.41, 5.74) is 4.42. The van der Waals surface area contributed by atoms with Crippen LogP contribution in [0.2, 0.25) is 0 Å². The second-order valence-electron chi connectivity index (χ2n) is 7.87. The van der Waals surface area contributed by atoms with Crippen LogP contribution in [0.5, 0.6) is 0 Å².